The number of nitrogens with two attached hydrogens (primary N) is 1. The van der Waals surface area contributed by atoms with Crippen LogP contribution in [0.4, 0.5) is 5.69 Å². The molecule has 0 aliphatic heterocycles. The van der Waals surface area contributed by atoms with Crippen LogP contribution in [0.2, 0.25) is 0 Å². The first-order chi connectivity index (χ1) is 9.02. The standard InChI is InChI=1S/C12H15N3O4/c13-10(12(18)19)5-6-11(17)15-14-9-3-1-8(7-16)2-4-9/h1-4,7,10,14H,5-6,13H2,(H,15,17)(H,18,19)/t10-/m0/s1. The first-order valence-corrected chi connectivity index (χ1v) is 5.61. The minimum atomic E-state index is -1.13. The Morgan fingerprint density at radius 2 is 1.95 bits per heavy atom. The van der Waals surface area contributed by atoms with Crippen molar-refractivity contribution in [1.82, 2.24) is 5.43 Å². The van der Waals surface area contributed by atoms with Crippen LogP contribution in [0, 0.1) is 0 Å². The molecule has 0 spiro atoms. The number of carbonyl (C=O) groups excluding carboxylic acids is 2. The number of rotatable bonds is 7. The molecule has 7 nitrogen and oxygen atoms in total. The van der Waals surface area contributed by atoms with Crippen molar-refractivity contribution in [2.24, 2.45) is 5.73 Å². The van der Waals surface area contributed by atoms with Crippen LogP contribution in [-0.2, 0) is 9.59 Å². The second kappa shape index (κ2) is 7.12. The number of carbonyl (C=O) groups is 3. The van der Waals surface area contributed by atoms with E-state index in [2.05, 4.69) is 10.9 Å². The highest BCUT2D eigenvalue weighted by Gasteiger charge is 2.13. The van der Waals surface area contributed by atoms with Gasteiger partial charge >= 0.3 is 5.97 Å². The molecule has 102 valence electrons. The van der Waals surface area contributed by atoms with E-state index >= 15 is 0 Å². The highest BCUT2D eigenvalue weighted by Crippen LogP contribution is 2.06. The highest BCUT2D eigenvalue weighted by atomic mass is 16.4. The van der Waals surface area contributed by atoms with E-state index in [1.54, 1.807) is 24.3 Å². The Kier molecular flexibility index (Phi) is 5.49. The number of aliphatic carboxylic acids is 1. The minimum Gasteiger partial charge on any atom is -0.480 e. The highest BCUT2D eigenvalue weighted by molar-refractivity contribution is 5.79. The Hall–Kier alpha value is -2.41. The molecule has 1 atom stereocenters. The molecule has 1 amide bonds. The molecule has 0 heterocycles. The van der Waals surface area contributed by atoms with Gasteiger partial charge in [-0.1, -0.05) is 0 Å². The number of anilines is 1. The fourth-order valence-corrected chi connectivity index (χ4v) is 1.26. The van der Waals surface area contributed by atoms with Crippen LogP contribution in [0.3, 0.4) is 0 Å². The van der Waals surface area contributed by atoms with E-state index in [-0.39, 0.29) is 18.7 Å². The van der Waals surface area contributed by atoms with Crippen LogP contribution in [0.15, 0.2) is 24.3 Å². The summed E-state index contributed by atoms with van der Waals surface area (Å²) >= 11 is 0. The number of aldehydes is 1. The average molecular weight is 265 g/mol. The van der Waals surface area contributed by atoms with Crippen molar-refractivity contribution in [2.75, 3.05) is 5.43 Å². The van der Waals surface area contributed by atoms with Gasteiger partial charge in [0.1, 0.15) is 12.3 Å². The van der Waals surface area contributed by atoms with Gasteiger partial charge in [0, 0.05) is 12.0 Å². The van der Waals surface area contributed by atoms with Gasteiger partial charge in [-0.25, -0.2) is 0 Å². The molecule has 0 unspecified atom stereocenters. The molecule has 0 fully saturated rings. The summed E-state index contributed by atoms with van der Waals surface area (Å²) in [6, 6.07) is 5.42. The number of hydrazine groups is 1. The van der Waals surface area contributed by atoms with Crippen LogP contribution in [0.25, 0.3) is 0 Å². The van der Waals surface area contributed by atoms with E-state index in [9.17, 15) is 14.4 Å². The van der Waals surface area contributed by atoms with Gasteiger partial charge in [0.15, 0.2) is 0 Å². The Morgan fingerprint density at radius 1 is 1.32 bits per heavy atom. The van der Waals surface area contributed by atoms with Crippen molar-refractivity contribution in [2.45, 2.75) is 18.9 Å². The fraction of sp³-hybridized carbons (Fsp3) is 0.250. The topological polar surface area (TPSA) is 122 Å². The Balaban J connectivity index is 2.33. The van der Waals surface area contributed by atoms with Crippen LogP contribution in [0.5, 0.6) is 0 Å². The summed E-state index contributed by atoms with van der Waals surface area (Å²) in [5.74, 6) is -1.50. The molecule has 0 aliphatic carbocycles. The molecule has 1 aromatic carbocycles. The molecule has 7 heteroatoms. The maximum atomic E-state index is 11.4. The SMILES string of the molecule is N[C@@H](CCC(=O)NNc1ccc(C=O)cc1)C(=O)O. The molecule has 0 saturated heterocycles. The maximum absolute atomic E-state index is 11.4. The third-order valence-electron chi connectivity index (χ3n) is 2.39. The zero-order valence-corrected chi connectivity index (χ0v) is 10.1. The van der Waals surface area contributed by atoms with Crippen molar-refractivity contribution >= 4 is 23.9 Å². The first kappa shape index (κ1) is 14.7. The lowest BCUT2D eigenvalue weighted by atomic mass is 10.1. The Labute approximate surface area is 109 Å². The lowest BCUT2D eigenvalue weighted by Crippen LogP contribution is -2.34. The number of nitrogens with one attached hydrogen (secondary N) is 2. The molecular weight excluding hydrogens is 250 g/mol. The summed E-state index contributed by atoms with van der Waals surface area (Å²) in [4.78, 5) is 32.3. The second-order valence-corrected chi connectivity index (χ2v) is 3.90. The summed E-state index contributed by atoms with van der Waals surface area (Å²) in [7, 11) is 0. The molecule has 0 saturated carbocycles. The van der Waals surface area contributed by atoms with Gasteiger partial charge < -0.3 is 10.8 Å². The molecule has 0 aromatic heterocycles. The average Bonchev–Trinajstić information content (AvgIpc) is 2.42. The molecule has 0 aliphatic rings. The molecule has 0 radical (unpaired) electrons. The van der Waals surface area contributed by atoms with Gasteiger partial charge in [0.25, 0.3) is 0 Å². The largest absolute Gasteiger partial charge is 0.480 e. The molecule has 5 N–H and O–H groups in total. The third-order valence-corrected chi connectivity index (χ3v) is 2.39. The van der Waals surface area contributed by atoms with E-state index in [1.165, 1.54) is 0 Å². The summed E-state index contributed by atoms with van der Waals surface area (Å²) < 4.78 is 0. The number of benzene rings is 1. The van der Waals surface area contributed by atoms with Crippen molar-refractivity contribution in [1.29, 1.82) is 0 Å². The van der Waals surface area contributed by atoms with Crippen molar-refractivity contribution in [3.05, 3.63) is 29.8 Å². The smallest absolute Gasteiger partial charge is 0.320 e. The molecule has 19 heavy (non-hydrogen) atoms. The monoisotopic (exact) mass is 265 g/mol. The number of hydrogen-bond donors (Lipinski definition) is 4. The van der Waals surface area contributed by atoms with E-state index in [1.807, 2.05) is 0 Å². The minimum absolute atomic E-state index is 0.00683. The predicted molar refractivity (Wildman–Crippen MR) is 68.4 cm³/mol. The zero-order valence-electron chi connectivity index (χ0n) is 10.1. The summed E-state index contributed by atoms with van der Waals surface area (Å²) in [5.41, 5.74) is 11.5. The summed E-state index contributed by atoms with van der Waals surface area (Å²) in [5, 5.41) is 8.55. The quantitative estimate of drug-likeness (QED) is 0.411. The lowest BCUT2D eigenvalue weighted by Gasteiger charge is -2.09. The third kappa shape index (κ3) is 5.17. The number of carboxylic acids is 1. The van der Waals surface area contributed by atoms with Crippen molar-refractivity contribution < 1.29 is 19.5 Å². The van der Waals surface area contributed by atoms with Gasteiger partial charge in [-0.2, -0.15) is 0 Å². The lowest BCUT2D eigenvalue weighted by molar-refractivity contribution is -0.138. The maximum Gasteiger partial charge on any atom is 0.320 e. The molecular formula is C12H15N3O4. The molecule has 0 bridgehead atoms. The van der Waals surface area contributed by atoms with Gasteiger partial charge in [0.05, 0.1) is 5.69 Å². The predicted octanol–water partition coefficient (Wildman–Crippen LogP) is 0.134. The van der Waals surface area contributed by atoms with Crippen molar-refractivity contribution in [3.63, 3.8) is 0 Å². The van der Waals surface area contributed by atoms with E-state index in [4.69, 9.17) is 10.8 Å². The summed E-state index contributed by atoms with van der Waals surface area (Å²) in [6.45, 7) is 0. The van der Waals surface area contributed by atoms with Crippen LogP contribution in [0.1, 0.15) is 23.2 Å². The second-order valence-electron chi connectivity index (χ2n) is 3.90. The van der Waals surface area contributed by atoms with Gasteiger partial charge in [-0.05, 0) is 30.7 Å². The van der Waals surface area contributed by atoms with Gasteiger partial charge in [-0.3, -0.25) is 25.2 Å². The Bertz CT molecular complexity index is 459. The van der Waals surface area contributed by atoms with Crippen LogP contribution >= 0.6 is 0 Å². The number of carboxylic acid groups (broad SMARTS) is 1. The van der Waals surface area contributed by atoms with Crippen molar-refractivity contribution in [3.8, 4) is 0 Å². The number of amides is 1. The first-order valence-electron chi connectivity index (χ1n) is 5.61. The van der Waals surface area contributed by atoms with Gasteiger partial charge in [0.2, 0.25) is 5.91 Å². The molecule has 1 aromatic rings. The van der Waals surface area contributed by atoms with Crippen LogP contribution < -0.4 is 16.6 Å². The zero-order chi connectivity index (χ0) is 14.3. The van der Waals surface area contributed by atoms with E-state index in [0.717, 1.165) is 6.29 Å². The fourth-order valence-electron chi connectivity index (χ4n) is 1.26. The van der Waals surface area contributed by atoms with Crippen LogP contribution in [-0.4, -0.2) is 29.3 Å². The van der Waals surface area contributed by atoms with E-state index in [0.29, 0.717) is 11.3 Å². The summed E-state index contributed by atoms with van der Waals surface area (Å²) in [6.07, 6.45) is 0.787. The Morgan fingerprint density at radius 3 is 2.47 bits per heavy atom. The van der Waals surface area contributed by atoms with Gasteiger partial charge in [-0.15, -0.1) is 0 Å². The molecule has 1 rings (SSSR count). The normalized spacial score (nSPS) is 11.4. The van der Waals surface area contributed by atoms with E-state index < -0.39 is 12.0 Å². The number of hydrogen-bond acceptors (Lipinski definition) is 5.